The Labute approximate surface area is 107 Å². The molecule has 2 rings (SSSR count). The van der Waals surface area contributed by atoms with Crippen LogP contribution in [0.15, 0.2) is 30.5 Å². The highest BCUT2D eigenvalue weighted by Gasteiger charge is 2.26. The van der Waals surface area contributed by atoms with Gasteiger partial charge in [-0.25, -0.2) is 0 Å². The minimum atomic E-state index is -0.305. The van der Waals surface area contributed by atoms with Crippen LogP contribution in [0.3, 0.4) is 0 Å². The minimum Gasteiger partial charge on any atom is -0.396 e. The second kappa shape index (κ2) is 5.08. The molecule has 17 heavy (non-hydrogen) atoms. The molecule has 0 bridgehead atoms. The van der Waals surface area contributed by atoms with E-state index in [9.17, 15) is 5.11 Å². The zero-order chi connectivity index (χ0) is 11.8. The third-order valence-corrected chi connectivity index (χ3v) is 3.19. The molecule has 1 heterocycles. The molecule has 1 atom stereocenters. The molecule has 0 fully saturated rings. The van der Waals surface area contributed by atoms with E-state index >= 15 is 0 Å². The van der Waals surface area contributed by atoms with Crippen LogP contribution in [0.1, 0.15) is 25.5 Å². The number of halogens is 1. The molecular formula is C13H19ClN2O. The smallest absolute Gasteiger partial charge is 0.0500 e. The molecule has 0 saturated carbocycles. The number of rotatable bonds is 3. The number of nitrogens with two attached hydrogens (primary N) is 1. The standard InChI is InChI=1S/C13H18N2O.ClH/c1-13(2,8-16)12(14)10-4-3-9-5-6-15-11(9)7-10;/h3-7,12,15-16H,8,14H2,1-2H3;1H/t12-;/m0./s1. The van der Waals surface area contributed by atoms with Crippen LogP contribution in [0, 0.1) is 5.41 Å². The number of aromatic nitrogens is 1. The van der Waals surface area contributed by atoms with Crippen molar-refractivity contribution in [2.75, 3.05) is 6.61 Å². The molecule has 0 aliphatic heterocycles. The van der Waals surface area contributed by atoms with Crippen molar-refractivity contribution in [1.82, 2.24) is 4.98 Å². The average molecular weight is 255 g/mol. The molecule has 1 aromatic carbocycles. The first-order valence-corrected chi connectivity index (χ1v) is 5.48. The van der Waals surface area contributed by atoms with E-state index in [0.717, 1.165) is 11.1 Å². The molecule has 1 aromatic heterocycles. The van der Waals surface area contributed by atoms with Crippen LogP contribution in [0.25, 0.3) is 10.9 Å². The first kappa shape index (κ1) is 14.0. The van der Waals surface area contributed by atoms with Crippen molar-refractivity contribution in [1.29, 1.82) is 0 Å². The summed E-state index contributed by atoms with van der Waals surface area (Å²) < 4.78 is 0. The van der Waals surface area contributed by atoms with Gasteiger partial charge in [-0.15, -0.1) is 12.4 Å². The molecule has 94 valence electrons. The Morgan fingerprint density at radius 1 is 1.35 bits per heavy atom. The lowest BCUT2D eigenvalue weighted by Gasteiger charge is -2.29. The summed E-state index contributed by atoms with van der Waals surface area (Å²) in [6.45, 7) is 4.02. The highest BCUT2D eigenvalue weighted by molar-refractivity contribution is 5.85. The van der Waals surface area contributed by atoms with Crippen molar-refractivity contribution < 1.29 is 5.11 Å². The lowest BCUT2D eigenvalue weighted by Crippen LogP contribution is -2.32. The Bertz CT molecular complexity index is 493. The number of H-pyrrole nitrogens is 1. The van der Waals surface area contributed by atoms with Gasteiger partial charge in [0.05, 0.1) is 0 Å². The highest BCUT2D eigenvalue weighted by atomic mass is 35.5. The fourth-order valence-electron chi connectivity index (χ4n) is 1.81. The second-order valence-electron chi connectivity index (χ2n) is 4.95. The van der Waals surface area contributed by atoms with E-state index in [2.05, 4.69) is 17.1 Å². The van der Waals surface area contributed by atoms with E-state index in [-0.39, 0.29) is 30.5 Å². The maximum Gasteiger partial charge on any atom is 0.0500 e. The molecule has 0 radical (unpaired) electrons. The number of hydrogen-bond donors (Lipinski definition) is 3. The number of fused-ring (bicyclic) bond motifs is 1. The number of benzene rings is 1. The molecule has 0 spiro atoms. The molecule has 4 N–H and O–H groups in total. The first-order valence-electron chi connectivity index (χ1n) is 5.48. The van der Waals surface area contributed by atoms with Gasteiger partial charge in [0, 0.05) is 29.8 Å². The molecular weight excluding hydrogens is 236 g/mol. The fourth-order valence-corrected chi connectivity index (χ4v) is 1.81. The summed E-state index contributed by atoms with van der Waals surface area (Å²) >= 11 is 0. The number of aliphatic hydroxyl groups is 1. The van der Waals surface area contributed by atoms with Crippen LogP contribution in [0.5, 0.6) is 0 Å². The molecule has 0 aliphatic rings. The van der Waals surface area contributed by atoms with Gasteiger partial charge in [0.15, 0.2) is 0 Å². The summed E-state index contributed by atoms with van der Waals surface area (Å²) in [6, 6.07) is 8.00. The van der Waals surface area contributed by atoms with Gasteiger partial charge in [0.2, 0.25) is 0 Å². The topological polar surface area (TPSA) is 62.0 Å². The molecule has 4 heteroatoms. The van der Waals surface area contributed by atoms with E-state index in [1.165, 1.54) is 5.39 Å². The SMILES string of the molecule is CC(C)(CO)[C@@H](N)c1ccc2cc[nH]c2c1.Cl. The lowest BCUT2D eigenvalue weighted by atomic mass is 9.82. The normalized spacial score (nSPS) is 13.4. The van der Waals surface area contributed by atoms with Gasteiger partial charge >= 0.3 is 0 Å². The van der Waals surface area contributed by atoms with Crippen molar-refractivity contribution in [3.05, 3.63) is 36.0 Å². The quantitative estimate of drug-likeness (QED) is 0.789. The summed E-state index contributed by atoms with van der Waals surface area (Å²) in [7, 11) is 0. The third kappa shape index (κ3) is 2.63. The van der Waals surface area contributed by atoms with Crippen LogP contribution in [-0.2, 0) is 0 Å². The lowest BCUT2D eigenvalue weighted by molar-refractivity contribution is 0.132. The van der Waals surface area contributed by atoms with E-state index in [1.807, 2.05) is 32.2 Å². The van der Waals surface area contributed by atoms with Crippen molar-refractivity contribution in [3.63, 3.8) is 0 Å². The largest absolute Gasteiger partial charge is 0.396 e. The summed E-state index contributed by atoms with van der Waals surface area (Å²) in [5, 5.41) is 10.5. The van der Waals surface area contributed by atoms with Crippen LogP contribution in [0.4, 0.5) is 0 Å². The summed E-state index contributed by atoms with van der Waals surface area (Å²) in [4.78, 5) is 3.17. The van der Waals surface area contributed by atoms with E-state index < -0.39 is 0 Å². The Hall–Kier alpha value is -1.03. The average Bonchev–Trinajstić information content (AvgIpc) is 2.74. The molecule has 0 saturated heterocycles. The third-order valence-electron chi connectivity index (χ3n) is 3.19. The molecule has 0 unspecified atom stereocenters. The van der Waals surface area contributed by atoms with Gasteiger partial charge in [-0.3, -0.25) is 0 Å². The first-order chi connectivity index (χ1) is 7.54. The summed E-state index contributed by atoms with van der Waals surface area (Å²) in [5.41, 5.74) is 8.00. The zero-order valence-corrected chi connectivity index (χ0v) is 10.9. The second-order valence-corrected chi connectivity index (χ2v) is 4.95. The number of aliphatic hydroxyl groups excluding tert-OH is 1. The highest BCUT2D eigenvalue weighted by Crippen LogP contribution is 2.31. The predicted molar refractivity (Wildman–Crippen MR) is 73.3 cm³/mol. The monoisotopic (exact) mass is 254 g/mol. The van der Waals surface area contributed by atoms with Crippen molar-refractivity contribution >= 4 is 23.3 Å². The van der Waals surface area contributed by atoms with E-state index in [0.29, 0.717) is 0 Å². The maximum absolute atomic E-state index is 9.31. The van der Waals surface area contributed by atoms with Gasteiger partial charge in [-0.1, -0.05) is 26.0 Å². The molecule has 0 amide bonds. The van der Waals surface area contributed by atoms with E-state index in [4.69, 9.17) is 5.73 Å². The van der Waals surface area contributed by atoms with E-state index in [1.54, 1.807) is 0 Å². The van der Waals surface area contributed by atoms with Crippen molar-refractivity contribution in [2.24, 2.45) is 11.1 Å². The number of nitrogens with one attached hydrogen (secondary N) is 1. The van der Waals surface area contributed by atoms with Crippen LogP contribution >= 0.6 is 12.4 Å². The Kier molecular flexibility index (Phi) is 4.20. The number of hydrogen-bond acceptors (Lipinski definition) is 2. The summed E-state index contributed by atoms with van der Waals surface area (Å²) in [5.74, 6) is 0. The molecule has 2 aromatic rings. The Morgan fingerprint density at radius 2 is 2.06 bits per heavy atom. The summed E-state index contributed by atoms with van der Waals surface area (Å²) in [6.07, 6.45) is 1.91. The van der Waals surface area contributed by atoms with Gasteiger partial charge in [-0.2, -0.15) is 0 Å². The number of aromatic amines is 1. The van der Waals surface area contributed by atoms with Gasteiger partial charge < -0.3 is 15.8 Å². The van der Waals surface area contributed by atoms with Gasteiger partial charge in [-0.05, 0) is 23.1 Å². The van der Waals surface area contributed by atoms with Crippen molar-refractivity contribution in [3.8, 4) is 0 Å². The molecule has 0 aliphatic carbocycles. The van der Waals surface area contributed by atoms with Crippen LogP contribution < -0.4 is 5.73 Å². The van der Waals surface area contributed by atoms with Gasteiger partial charge in [0.25, 0.3) is 0 Å². The Morgan fingerprint density at radius 3 is 2.71 bits per heavy atom. The van der Waals surface area contributed by atoms with Crippen LogP contribution in [0.2, 0.25) is 0 Å². The predicted octanol–water partition coefficient (Wildman–Crippen LogP) is 2.61. The van der Waals surface area contributed by atoms with Crippen LogP contribution in [-0.4, -0.2) is 16.7 Å². The maximum atomic E-state index is 9.31. The van der Waals surface area contributed by atoms with Gasteiger partial charge in [0.1, 0.15) is 0 Å². The van der Waals surface area contributed by atoms with Crippen molar-refractivity contribution in [2.45, 2.75) is 19.9 Å². The minimum absolute atomic E-state index is 0. The Balaban J connectivity index is 0.00000144. The molecule has 3 nitrogen and oxygen atoms in total. The zero-order valence-electron chi connectivity index (χ0n) is 10.1. The fraction of sp³-hybridized carbons (Fsp3) is 0.385.